The zero-order valence-corrected chi connectivity index (χ0v) is 23.6. The van der Waals surface area contributed by atoms with Gasteiger partial charge in [0.1, 0.15) is 10.4 Å². The highest BCUT2D eigenvalue weighted by Crippen LogP contribution is 2.31. The maximum atomic E-state index is 14.0. The molecular weight excluding hydrogens is 510 g/mol. The van der Waals surface area contributed by atoms with E-state index in [-0.39, 0.29) is 17.5 Å². The van der Waals surface area contributed by atoms with Crippen LogP contribution in [0, 0.1) is 12.8 Å². The molecule has 5 rings (SSSR count). The van der Waals surface area contributed by atoms with E-state index in [1.807, 2.05) is 35.6 Å². The first-order valence-electron chi connectivity index (χ1n) is 13.5. The van der Waals surface area contributed by atoms with Crippen molar-refractivity contribution in [3.63, 3.8) is 0 Å². The minimum absolute atomic E-state index is 0.101. The number of aromatic nitrogens is 5. The number of pyridine rings is 1. The van der Waals surface area contributed by atoms with Gasteiger partial charge in [0.25, 0.3) is 5.91 Å². The quantitative estimate of drug-likeness (QED) is 0.260. The summed E-state index contributed by atoms with van der Waals surface area (Å²) in [6, 6.07) is 9.63. The number of hydrogen-bond acceptors (Lipinski definition) is 8. The summed E-state index contributed by atoms with van der Waals surface area (Å²) in [6.07, 6.45) is 6.37. The van der Waals surface area contributed by atoms with Gasteiger partial charge >= 0.3 is 0 Å². The van der Waals surface area contributed by atoms with Gasteiger partial charge in [0.2, 0.25) is 5.43 Å². The van der Waals surface area contributed by atoms with Gasteiger partial charge in [-0.3, -0.25) is 24.0 Å². The number of benzene rings is 1. The van der Waals surface area contributed by atoms with E-state index in [1.54, 1.807) is 18.5 Å². The molecule has 0 bridgehead atoms. The van der Waals surface area contributed by atoms with Crippen molar-refractivity contribution in [1.82, 2.24) is 29.9 Å². The molecule has 39 heavy (non-hydrogen) atoms. The zero-order valence-electron chi connectivity index (χ0n) is 22.8. The van der Waals surface area contributed by atoms with Crippen LogP contribution in [0.5, 0.6) is 0 Å². The second-order valence-corrected chi connectivity index (χ2v) is 11.0. The predicted molar refractivity (Wildman–Crippen MR) is 157 cm³/mol. The van der Waals surface area contributed by atoms with Gasteiger partial charge in [-0.05, 0) is 43.9 Å². The highest BCUT2D eigenvalue weighted by atomic mass is 32.1. The molecule has 1 amide bonds. The lowest BCUT2D eigenvalue weighted by Crippen LogP contribution is -2.30. The van der Waals surface area contributed by atoms with Crippen molar-refractivity contribution in [1.29, 1.82) is 0 Å². The Hall–Kier alpha value is -3.92. The van der Waals surface area contributed by atoms with Gasteiger partial charge in [0, 0.05) is 19.3 Å². The van der Waals surface area contributed by atoms with Gasteiger partial charge in [0.05, 0.1) is 39.7 Å². The molecule has 0 saturated carbocycles. The average Bonchev–Trinajstić information content (AvgIpc) is 3.33. The molecule has 0 fully saturated rings. The summed E-state index contributed by atoms with van der Waals surface area (Å²) in [4.78, 5) is 38.8. The Morgan fingerprint density at radius 2 is 1.95 bits per heavy atom. The third-order valence-electron chi connectivity index (χ3n) is 7.07. The Kier molecular flexibility index (Phi) is 7.83. The maximum Gasteiger partial charge on any atom is 0.258 e. The number of thiazole rings is 1. The molecule has 0 radical (unpaired) electrons. The molecule has 0 saturated heterocycles. The second kappa shape index (κ2) is 11.4. The van der Waals surface area contributed by atoms with Crippen LogP contribution >= 0.6 is 11.3 Å². The minimum atomic E-state index is -0.450. The molecule has 10 heteroatoms. The van der Waals surface area contributed by atoms with Crippen molar-refractivity contribution >= 4 is 49.1 Å². The van der Waals surface area contributed by atoms with E-state index in [4.69, 9.17) is 0 Å². The van der Waals surface area contributed by atoms with Crippen LogP contribution in [-0.4, -0.2) is 43.6 Å². The summed E-state index contributed by atoms with van der Waals surface area (Å²) in [5, 5.41) is 12.4. The summed E-state index contributed by atoms with van der Waals surface area (Å²) in [6.45, 7) is 10.2. The number of hydrogen-bond donors (Lipinski definition) is 1. The summed E-state index contributed by atoms with van der Waals surface area (Å²) in [5.41, 5.74) is 2.50. The Bertz CT molecular complexity index is 1690. The van der Waals surface area contributed by atoms with Crippen molar-refractivity contribution in [2.24, 2.45) is 5.92 Å². The Labute approximate surface area is 230 Å². The Morgan fingerprint density at radius 3 is 2.69 bits per heavy atom. The van der Waals surface area contributed by atoms with Gasteiger partial charge in [-0.25, -0.2) is 0 Å². The molecule has 0 spiro atoms. The number of para-hydroxylation sites is 1. The molecule has 0 aliphatic carbocycles. The van der Waals surface area contributed by atoms with Crippen LogP contribution in [0.25, 0.3) is 26.1 Å². The number of carbonyl (C=O) groups is 1. The second-order valence-electron chi connectivity index (χ2n) is 9.98. The predicted octanol–water partition coefficient (Wildman–Crippen LogP) is 5.14. The number of aryl methyl sites for hydroxylation is 1. The fraction of sp³-hybridized carbons (Fsp3) is 0.379. The first-order chi connectivity index (χ1) is 18.9. The van der Waals surface area contributed by atoms with Crippen molar-refractivity contribution < 1.29 is 4.79 Å². The van der Waals surface area contributed by atoms with E-state index >= 15 is 0 Å². The van der Waals surface area contributed by atoms with Crippen LogP contribution in [0.15, 0.2) is 47.5 Å². The van der Waals surface area contributed by atoms with Crippen LogP contribution < -0.4 is 15.6 Å². The lowest BCUT2D eigenvalue weighted by atomic mass is 10.1. The van der Waals surface area contributed by atoms with Crippen LogP contribution in [0.3, 0.4) is 0 Å². The summed E-state index contributed by atoms with van der Waals surface area (Å²) < 4.78 is 2.84. The third-order valence-corrected chi connectivity index (χ3v) is 8.22. The molecule has 202 valence electrons. The van der Waals surface area contributed by atoms with Gasteiger partial charge in [-0.2, -0.15) is 0 Å². The van der Waals surface area contributed by atoms with Gasteiger partial charge in [-0.15, -0.1) is 21.5 Å². The highest BCUT2D eigenvalue weighted by molar-refractivity contribution is 7.24. The molecule has 5 aromatic rings. The van der Waals surface area contributed by atoms with Crippen molar-refractivity contribution in [3.05, 3.63) is 69.9 Å². The molecule has 4 aromatic heterocycles. The average molecular weight is 544 g/mol. The summed E-state index contributed by atoms with van der Waals surface area (Å²) in [5.74, 6) is 0.799. The van der Waals surface area contributed by atoms with E-state index in [0.717, 1.165) is 48.3 Å². The smallest absolute Gasteiger partial charge is 0.258 e. The van der Waals surface area contributed by atoms with Gasteiger partial charge < -0.3 is 10.2 Å². The Morgan fingerprint density at radius 1 is 1.13 bits per heavy atom. The van der Waals surface area contributed by atoms with E-state index in [2.05, 4.69) is 51.2 Å². The number of anilines is 1. The van der Waals surface area contributed by atoms with E-state index in [0.29, 0.717) is 33.3 Å². The highest BCUT2D eigenvalue weighted by Gasteiger charge is 2.24. The number of fused-ring (bicyclic) bond motifs is 5. The summed E-state index contributed by atoms with van der Waals surface area (Å²) in [7, 11) is 0. The standard InChI is InChI=1S/C29H33N7O2S/c1-5-12-35(13-11-18(3)6-2)24-14-21-26(37)25(28(38)32-17-20-16-30-19(4)15-31-20)29-36(27(21)34-33-24)22-9-7-8-10-23(22)39-29/h7-10,14-16,18H,5-6,11-13,17H2,1-4H3,(H,32,38). The molecule has 1 aromatic carbocycles. The third kappa shape index (κ3) is 5.34. The van der Waals surface area contributed by atoms with Gasteiger partial charge in [0.15, 0.2) is 11.5 Å². The molecule has 0 aliphatic rings. The first kappa shape index (κ1) is 26.7. The van der Waals surface area contributed by atoms with E-state index in [1.165, 1.54) is 11.3 Å². The number of carbonyl (C=O) groups excluding carboxylic acids is 1. The van der Waals surface area contributed by atoms with E-state index < -0.39 is 5.91 Å². The van der Waals surface area contributed by atoms with Crippen LogP contribution in [0.4, 0.5) is 5.82 Å². The lowest BCUT2D eigenvalue weighted by Gasteiger charge is -2.24. The molecule has 9 nitrogen and oxygen atoms in total. The monoisotopic (exact) mass is 543 g/mol. The Balaban J connectivity index is 1.63. The van der Waals surface area contributed by atoms with Gasteiger partial charge in [-0.1, -0.05) is 39.3 Å². The molecular formula is C29H33N7O2S. The minimum Gasteiger partial charge on any atom is -0.355 e. The van der Waals surface area contributed by atoms with Crippen LogP contribution in [0.1, 0.15) is 61.8 Å². The molecule has 1 unspecified atom stereocenters. The zero-order chi connectivity index (χ0) is 27.5. The molecule has 0 aliphatic heterocycles. The normalized spacial score (nSPS) is 12.3. The maximum absolute atomic E-state index is 14.0. The number of amides is 1. The fourth-order valence-electron chi connectivity index (χ4n) is 4.62. The number of nitrogens with zero attached hydrogens (tertiary/aromatic N) is 6. The fourth-order valence-corrected chi connectivity index (χ4v) is 5.80. The van der Waals surface area contributed by atoms with Crippen LogP contribution in [-0.2, 0) is 6.54 Å². The van der Waals surface area contributed by atoms with Crippen molar-refractivity contribution in [2.75, 3.05) is 18.0 Å². The van der Waals surface area contributed by atoms with Crippen LogP contribution in [0.2, 0.25) is 0 Å². The van der Waals surface area contributed by atoms with Crippen molar-refractivity contribution in [3.8, 4) is 0 Å². The summed E-state index contributed by atoms with van der Waals surface area (Å²) >= 11 is 1.40. The number of rotatable bonds is 10. The molecule has 1 atom stereocenters. The topological polar surface area (TPSA) is 105 Å². The SMILES string of the molecule is CCCN(CCC(C)CC)c1cc2c(=O)c(C(=O)NCc3cnc(C)cn3)c3sc4ccccc4n3c2nn1. The van der Waals surface area contributed by atoms with Crippen molar-refractivity contribution in [2.45, 2.75) is 53.5 Å². The van der Waals surface area contributed by atoms with E-state index in [9.17, 15) is 9.59 Å². The number of nitrogens with one attached hydrogen (secondary N) is 1. The first-order valence-corrected chi connectivity index (χ1v) is 14.3. The molecule has 4 heterocycles. The molecule has 1 N–H and O–H groups in total. The largest absolute Gasteiger partial charge is 0.355 e. The lowest BCUT2D eigenvalue weighted by molar-refractivity contribution is 0.0951.